The largest absolute Gasteiger partial charge is 0.460 e. The first-order valence-corrected chi connectivity index (χ1v) is 9.57. The van der Waals surface area contributed by atoms with Gasteiger partial charge in [-0.3, -0.25) is 19.4 Å². The maximum absolute atomic E-state index is 13.4. The van der Waals surface area contributed by atoms with Gasteiger partial charge in [-0.05, 0) is 36.8 Å². The van der Waals surface area contributed by atoms with E-state index in [1.165, 1.54) is 25.1 Å². The summed E-state index contributed by atoms with van der Waals surface area (Å²) in [6.07, 6.45) is 1.41. The van der Waals surface area contributed by atoms with Crippen LogP contribution in [-0.2, 0) is 20.9 Å². The summed E-state index contributed by atoms with van der Waals surface area (Å²) in [5, 5.41) is 0. The molecule has 7 heteroatoms. The number of nitrogens with zero attached hydrogens (tertiary/aromatic N) is 2. The third-order valence-electron chi connectivity index (χ3n) is 5.17. The van der Waals surface area contributed by atoms with E-state index in [9.17, 15) is 18.8 Å². The molecule has 0 aliphatic carbocycles. The molecule has 1 aliphatic rings. The fraction of sp³-hybridized carbons (Fsp3) is 0.261. The van der Waals surface area contributed by atoms with E-state index in [1.807, 2.05) is 30.3 Å². The van der Waals surface area contributed by atoms with E-state index in [0.29, 0.717) is 6.54 Å². The van der Waals surface area contributed by atoms with Gasteiger partial charge in [-0.1, -0.05) is 43.0 Å². The molecule has 1 aliphatic heterocycles. The molecular formula is C23H23FN2O4. The first-order chi connectivity index (χ1) is 14.4. The number of hydrogen-bond donors (Lipinski definition) is 0. The normalized spacial score (nSPS) is 19.4. The van der Waals surface area contributed by atoms with Gasteiger partial charge in [0.05, 0.1) is 0 Å². The first kappa shape index (κ1) is 21.4. The summed E-state index contributed by atoms with van der Waals surface area (Å²) >= 11 is 0. The average Bonchev–Trinajstić information content (AvgIpc) is 2.76. The summed E-state index contributed by atoms with van der Waals surface area (Å²) < 4.78 is 18.4. The monoisotopic (exact) mass is 410 g/mol. The number of carbonyl (C=O) groups excluding carboxylic acids is 3. The van der Waals surface area contributed by atoms with Crippen LogP contribution in [0.4, 0.5) is 4.39 Å². The highest BCUT2D eigenvalue weighted by atomic mass is 19.1. The van der Waals surface area contributed by atoms with Crippen LogP contribution in [-0.4, -0.2) is 52.8 Å². The number of piperazine rings is 1. The number of esters is 1. The number of ether oxygens (including phenoxy) is 1. The van der Waals surface area contributed by atoms with Gasteiger partial charge in [-0.15, -0.1) is 0 Å². The minimum Gasteiger partial charge on any atom is -0.460 e. The fourth-order valence-corrected chi connectivity index (χ4v) is 3.42. The summed E-state index contributed by atoms with van der Waals surface area (Å²) in [5.41, 5.74) is -0.596. The van der Waals surface area contributed by atoms with E-state index in [2.05, 4.69) is 6.58 Å². The zero-order valence-corrected chi connectivity index (χ0v) is 16.7. The van der Waals surface area contributed by atoms with Crippen molar-refractivity contribution in [2.45, 2.75) is 19.0 Å². The number of benzene rings is 2. The summed E-state index contributed by atoms with van der Waals surface area (Å²) in [7, 11) is 0. The maximum Gasteiger partial charge on any atom is 0.336 e. The highest BCUT2D eigenvalue weighted by Gasteiger charge is 2.54. The molecule has 0 radical (unpaired) electrons. The molecule has 1 fully saturated rings. The summed E-state index contributed by atoms with van der Waals surface area (Å²) in [6, 6.07) is 14.4. The molecule has 30 heavy (non-hydrogen) atoms. The predicted octanol–water partition coefficient (Wildman–Crippen LogP) is 2.80. The predicted molar refractivity (Wildman–Crippen MR) is 109 cm³/mol. The Hall–Kier alpha value is -3.32. The van der Waals surface area contributed by atoms with Crippen LogP contribution in [0.3, 0.4) is 0 Å². The smallest absolute Gasteiger partial charge is 0.336 e. The number of imide groups is 1. The molecule has 1 saturated heterocycles. The summed E-state index contributed by atoms with van der Waals surface area (Å²) in [6.45, 7) is 5.67. The number of halogens is 1. The van der Waals surface area contributed by atoms with Gasteiger partial charge in [-0.2, -0.15) is 0 Å². The van der Waals surface area contributed by atoms with Gasteiger partial charge >= 0.3 is 5.97 Å². The van der Waals surface area contributed by atoms with Crippen LogP contribution < -0.4 is 0 Å². The molecule has 0 saturated carbocycles. The molecule has 0 aromatic heterocycles. The second-order valence-corrected chi connectivity index (χ2v) is 7.14. The first-order valence-electron chi connectivity index (χ1n) is 9.57. The number of hydrogen-bond acceptors (Lipinski definition) is 5. The number of amides is 2. The van der Waals surface area contributed by atoms with Crippen LogP contribution in [0.15, 0.2) is 67.3 Å². The third-order valence-corrected chi connectivity index (χ3v) is 5.17. The van der Waals surface area contributed by atoms with Gasteiger partial charge in [0.15, 0.2) is 5.54 Å². The Morgan fingerprint density at radius 2 is 1.80 bits per heavy atom. The molecular weight excluding hydrogens is 387 g/mol. The van der Waals surface area contributed by atoms with Crippen LogP contribution in [0.25, 0.3) is 0 Å². The minimum absolute atomic E-state index is 0.0488. The molecule has 3 rings (SSSR count). The van der Waals surface area contributed by atoms with Crippen LogP contribution in [0.1, 0.15) is 22.8 Å². The Morgan fingerprint density at radius 3 is 2.43 bits per heavy atom. The van der Waals surface area contributed by atoms with Crippen LogP contribution in [0.5, 0.6) is 0 Å². The van der Waals surface area contributed by atoms with Gasteiger partial charge in [0.2, 0.25) is 0 Å². The van der Waals surface area contributed by atoms with Gasteiger partial charge in [0, 0.05) is 25.2 Å². The van der Waals surface area contributed by atoms with E-state index in [0.717, 1.165) is 22.6 Å². The van der Waals surface area contributed by atoms with Crippen molar-refractivity contribution < 1.29 is 23.5 Å². The highest BCUT2D eigenvalue weighted by Crippen LogP contribution is 2.28. The van der Waals surface area contributed by atoms with E-state index < -0.39 is 29.1 Å². The van der Waals surface area contributed by atoms with Crippen LogP contribution in [0, 0.1) is 5.82 Å². The van der Waals surface area contributed by atoms with Crippen molar-refractivity contribution in [3.8, 4) is 0 Å². The van der Waals surface area contributed by atoms with Crippen molar-refractivity contribution in [1.29, 1.82) is 0 Å². The Kier molecular flexibility index (Phi) is 6.42. The molecule has 2 aromatic carbocycles. The zero-order chi connectivity index (χ0) is 21.7. The van der Waals surface area contributed by atoms with Crippen molar-refractivity contribution in [3.05, 3.63) is 84.2 Å². The van der Waals surface area contributed by atoms with Crippen molar-refractivity contribution >= 4 is 17.8 Å². The minimum atomic E-state index is -1.69. The molecule has 2 aromatic rings. The third kappa shape index (κ3) is 4.16. The fourth-order valence-electron chi connectivity index (χ4n) is 3.42. The topological polar surface area (TPSA) is 66.9 Å². The second kappa shape index (κ2) is 9.00. The molecule has 1 heterocycles. The average molecular weight is 410 g/mol. The Bertz CT molecular complexity index is 945. The Labute approximate surface area is 174 Å². The van der Waals surface area contributed by atoms with E-state index in [1.54, 1.807) is 4.90 Å². The maximum atomic E-state index is 13.4. The molecule has 0 N–H and O–H groups in total. The lowest BCUT2D eigenvalue weighted by molar-refractivity contribution is -0.169. The summed E-state index contributed by atoms with van der Waals surface area (Å²) in [5.74, 6) is -2.49. The van der Waals surface area contributed by atoms with Gasteiger partial charge in [-0.25, -0.2) is 9.18 Å². The molecule has 2 amide bonds. The summed E-state index contributed by atoms with van der Waals surface area (Å²) in [4.78, 5) is 42.0. The lowest BCUT2D eigenvalue weighted by Crippen LogP contribution is -2.69. The standard InChI is InChI=1S/C23H23FN2O4/c1-3-15-30-22(29)23(2)21(28)26(20(27)18-9-11-19(24)12-10-18)14-13-25(23)16-17-7-5-4-6-8-17/h3-12H,1,13-16H2,2H3. The van der Waals surface area contributed by atoms with Crippen molar-refractivity contribution in [3.63, 3.8) is 0 Å². The molecule has 1 atom stereocenters. The van der Waals surface area contributed by atoms with E-state index in [-0.39, 0.29) is 25.3 Å². The van der Waals surface area contributed by atoms with Crippen LogP contribution in [0.2, 0.25) is 0 Å². The number of rotatable bonds is 6. The van der Waals surface area contributed by atoms with Crippen molar-refractivity contribution in [1.82, 2.24) is 9.80 Å². The Balaban J connectivity index is 1.91. The highest BCUT2D eigenvalue weighted by molar-refractivity contribution is 6.15. The SMILES string of the molecule is C=CCOC(=O)C1(C)C(=O)N(C(=O)c2ccc(F)cc2)CCN1Cc1ccccc1. The lowest BCUT2D eigenvalue weighted by atomic mass is 9.93. The molecule has 1 unspecified atom stereocenters. The second-order valence-electron chi connectivity index (χ2n) is 7.14. The zero-order valence-electron chi connectivity index (χ0n) is 16.7. The molecule has 0 bridgehead atoms. The van der Waals surface area contributed by atoms with Crippen molar-refractivity contribution in [2.75, 3.05) is 19.7 Å². The van der Waals surface area contributed by atoms with E-state index in [4.69, 9.17) is 4.74 Å². The quantitative estimate of drug-likeness (QED) is 0.317. The van der Waals surface area contributed by atoms with Crippen molar-refractivity contribution in [2.24, 2.45) is 0 Å². The van der Waals surface area contributed by atoms with E-state index >= 15 is 0 Å². The molecule has 156 valence electrons. The Morgan fingerprint density at radius 1 is 1.13 bits per heavy atom. The molecule has 6 nitrogen and oxygen atoms in total. The van der Waals surface area contributed by atoms with Gasteiger partial charge in [0.25, 0.3) is 11.8 Å². The van der Waals surface area contributed by atoms with Gasteiger partial charge < -0.3 is 4.74 Å². The number of carbonyl (C=O) groups is 3. The molecule has 0 spiro atoms. The lowest BCUT2D eigenvalue weighted by Gasteiger charge is -2.45. The van der Waals surface area contributed by atoms with Gasteiger partial charge in [0.1, 0.15) is 12.4 Å². The van der Waals surface area contributed by atoms with Crippen LogP contribution >= 0.6 is 0 Å².